The van der Waals surface area contributed by atoms with Crippen molar-refractivity contribution in [3.05, 3.63) is 71.5 Å². The average molecular weight is 429 g/mol. The third-order valence-corrected chi connectivity index (χ3v) is 8.54. The van der Waals surface area contributed by atoms with E-state index in [2.05, 4.69) is 81.5 Å². The maximum Gasteiger partial charge on any atom is 0.216 e. The highest BCUT2D eigenvalue weighted by Gasteiger charge is 2.29. The van der Waals surface area contributed by atoms with Crippen LogP contribution < -0.4 is 9.75 Å². The zero-order valence-corrected chi connectivity index (χ0v) is 19.9. The summed E-state index contributed by atoms with van der Waals surface area (Å²) in [4.78, 5) is 0. The molecule has 0 fully saturated rings. The van der Waals surface area contributed by atoms with Crippen molar-refractivity contribution in [1.82, 2.24) is 0 Å². The van der Waals surface area contributed by atoms with Crippen LogP contribution in [0.5, 0.6) is 0 Å². The Morgan fingerprint density at radius 2 is 1.61 bits per heavy atom. The van der Waals surface area contributed by atoms with Crippen LogP contribution in [0.4, 0.5) is 4.39 Å². The van der Waals surface area contributed by atoms with E-state index in [-0.39, 0.29) is 5.82 Å². The summed E-state index contributed by atoms with van der Waals surface area (Å²) in [6.07, 6.45) is 0. The molecule has 3 aromatic carbocycles. The summed E-state index contributed by atoms with van der Waals surface area (Å²) in [7, 11) is 0.510. The Morgan fingerprint density at radius 1 is 0.871 bits per heavy atom. The molecule has 2 aromatic heterocycles. The molecule has 0 aliphatic heterocycles. The predicted molar refractivity (Wildman–Crippen MR) is 130 cm³/mol. The molecule has 0 radical (unpaired) electrons. The van der Waals surface area contributed by atoms with Gasteiger partial charge < -0.3 is 4.42 Å². The lowest BCUT2D eigenvalue weighted by Gasteiger charge is -2.20. The average Bonchev–Trinajstić information content (AvgIpc) is 3.06. The first kappa shape index (κ1) is 19.9. The molecule has 0 spiro atoms. The minimum Gasteiger partial charge on any atom is -0.455 e. The van der Waals surface area contributed by atoms with Crippen molar-refractivity contribution in [3.8, 4) is 11.3 Å². The molecule has 2 heterocycles. The first-order valence-electron chi connectivity index (χ1n) is 10.7. The summed E-state index contributed by atoms with van der Waals surface area (Å²) >= 11 is 0. The molecule has 0 bridgehead atoms. The Morgan fingerprint density at radius 3 is 2.35 bits per heavy atom. The highest BCUT2D eigenvalue weighted by atomic mass is 28.3. The number of aromatic nitrogens is 1. The quantitative estimate of drug-likeness (QED) is 0.231. The second kappa shape index (κ2) is 6.76. The van der Waals surface area contributed by atoms with E-state index >= 15 is 0 Å². The van der Waals surface area contributed by atoms with E-state index in [1.54, 1.807) is 0 Å². The summed E-state index contributed by atoms with van der Waals surface area (Å²) in [5.74, 6) is -0.279. The van der Waals surface area contributed by atoms with Gasteiger partial charge in [-0.05, 0) is 54.4 Å². The molecule has 0 unspecified atom stereocenters. The Bertz CT molecular complexity index is 1510. The lowest BCUT2D eigenvalue weighted by molar-refractivity contribution is -0.633. The maximum atomic E-state index is 13.9. The van der Waals surface area contributed by atoms with E-state index < -0.39 is 8.07 Å². The van der Waals surface area contributed by atoms with Crippen LogP contribution in [0.25, 0.3) is 44.1 Å². The van der Waals surface area contributed by atoms with Gasteiger partial charge in [0.15, 0.2) is 0 Å². The van der Waals surface area contributed by atoms with Crippen LogP contribution in [-0.4, -0.2) is 8.07 Å². The van der Waals surface area contributed by atoms with Gasteiger partial charge in [0.05, 0.1) is 13.6 Å². The van der Waals surface area contributed by atoms with Crippen LogP contribution in [0.15, 0.2) is 59.0 Å². The summed E-state index contributed by atoms with van der Waals surface area (Å²) in [6, 6.07) is 18.0. The Labute approximate surface area is 182 Å². The van der Waals surface area contributed by atoms with Crippen LogP contribution in [0, 0.1) is 19.7 Å². The van der Waals surface area contributed by atoms with E-state index in [1.165, 1.54) is 39.3 Å². The van der Waals surface area contributed by atoms with Gasteiger partial charge in [-0.3, -0.25) is 0 Å². The number of nitrogens with zero attached hydrogens (tertiary/aromatic N) is 1. The number of aryl methyl sites for hydroxylation is 2. The van der Waals surface area contributed by atoms with E-state index in [0.29, 0.717) is 5.58 Å². The first-order valence-corrected chi connectivity index (χ1v) is 14.2. The minimum atomic E-state index is -1.62. The normalized spacial score (nSPS) is 12.4. The number of pyridine rings is 1. The number of rotatable bonds is 2. The predicted octanol–water partition coefficient (Wildman–Crippen LogP) is 6.53. The molecule has 4 heteroatoms. The number of furan rings is 1. The molecular formula is C27H27FNOSi+. The number of benzene rings is 3. The highest BCUT2D eigenvalue weighted by molar-refractivity contribution is 6.90. The molecule has 5 aromatic rings. The van der Waals surface area contributed by atoms with Gasteiger partial charge >= 0.3 is 0 Å². The van der Waals surface area contributed by atoms with Crippen LogP contribution >= 0.6 is 0 Å². The van der Waals surface area contributed by atoms with Crippen molar-refractivity contribution in [2.45, 2.75) is 33.5 Å². The molecule has 0 atom stereocenters. The van der Waals surface area contributed by atoms with E-state index in [0.717, 1.165) is 27.6 Å². The minimum absolute atomic E-state index is 0.279. The smallest absolute Gasteiger partial charge is 0.216 e. The monoisotopic (exact) mass is 428 g/mol. The van der Waals surface area contributed by atoms with Crippen LogP contribution in [0.3, 0.4) is 0 Å². The van der Waals surface area contributed by atoms with Gasteiger partial charge in [-0.2, -0.15) is 4.57 Å². The summed E-state index contributed by atoms with van der Waals surface area (Å²) in [6.45, 7) is 11.5. The molecule has 0 saturated carbocycles. The van der Waals surface area contributed by atoms with Crippen molar-refractivity contribution < 1.29 is 13.4 Å². The Kier molecular flexibility index (Phi) is 4.35. The van der Waals surface area contributed by atoms with Crippen LogP contribution in [0.2, 0.25) is 19.6 Å². The van der Waals surface area contributed by atoms with Crippen molar-refractivity contribution >= 4 is 46.1 Å². The third kappa shape index (κ3) is 3.00. The van der Waals surface area contributed by atoms with Gasteiger partial charge in [-0.15, -0.1) is 0 Å². The van der Waals surface area contributed by atoms with Gasteiger partial charge in [0.2, 0.25) is 11.2 Å². The van der Waals surface area contributed by atoms with E-state index in [1.807, 2.05) is 6.07 Å². The van der Waals surface area contributed by atoms with Gasteiger partial charge in [0, 0.05) is 34.4 Å². The van der Waals surface area contributed by atoms with Crippen LogP contribution in [0.1, 0.15) is 11.1 Å². The number of fused-ring (bicyclic) bond motifs is 4. The molecule has 2 nitrogen and oxygen atoms in total. The van der Waals surface area contributed by atoms with Crippen LogP contribution in [-0.2, 0) is 7.05 Å². The molecule has 0 aliphatic carbocycles. The maximum absolute atomic E-state index is 13.9. The van der Waals surface area contributed by atoms with Gasteiger partial charge in [-0.25, -0.2) is 4.39 Å². The molecule has 0 aliphatic rings. The first-order chi connectivity index (χ1) is 14.7. The van der Waals surface area contributed by atoms with Crippen molar-refractivity contribution in [2.24, 2.45) is 7.05 Å². The molecule has 31 heavy (non-hydrogen) atoms. The molecule has 5 rings (SSSR count). The highest BCUT2D eigenvalue weighted by Crippen LogP contribution is 2.39. The molecule has 0 N–H and O–H groups in total. The number of hydrogen-bond acceptors (Lipinski definition) is 1. The topological polar surface area (TPSA) is 17.0 Å². The van der Waals surface area contributed by atoms with Crippen molar-refractivity contribution in [3.63, 3.8) is 0 Å². The fraction of sp³-hybridized carbons (Fsp3) is 0.222. The van der Waals surface area contributed by atoms with Gasteiger partial charge in [0.1, 0.15) is 24.0 Å². The summed E-state index contributed by atoms with van der Waals surface area (Å²) in [5.41, 5.74) is 7.28. The molecular weight excluding hydrogens is 401 g/mol. The summed E-state index contributed by atoms with van der Waals surface area (Å²) in [5, 5.41) is 4.75. The molecule has 0 saturated heterocycles. The second-order valence-electron chi connectivity index (χ2n) is 9.58. The zero-order valence-electron chi connectivity index (χ0n) is 18.9. The Balaban J connectivity index is 1.97. The van der Waals surface area contributed by atoms with Gasteiger partial charge in [-0.1, -0.05) is 31.8 Å². The molecule has 156 valence electrons. The lowest BCUT2D eigenvalue weighted by atomic mass is 9.96. The Hall–Kier alpha value is -2.98. The van der Waals surface area contributed by atoms with Crippen molar-refractivity contribution in [2.75, 3.05) is 0 Å². The molecule has 0 amide bonds. The zero-order chi connectivity index (χ0) is 22.1. The van der Waals surface area contributed by atoms with E-state index in [4.69, 9.17) is 4.42 Å². The number of halogens is 1. The van der Waals surface area contributed by atoms with E-state index in [9.17, 15) is 4.39 Å². The SMILES string of the molecule is Cc1cc2c(oc3cc(F)ccc32)c(-c2cc([Si](C)(C)C)c3ccccc3[n+]2C)c1C. The third-order valence-electron chi connectivity index (χ3n) is 6.51. The fourth-order valence-corrected chi connectivity index (χ4v) is 6.30. The van der Waals surface area contributed by atoms with Gasteiger partial charge in [0.25, 0.3) is 0 Å². The van der Waals surface area contributed by atoms with Crippen molar-refractivity contribution in [1.29, 1.82) is 0 Å². The number of para-hydroxylation sites is 1. The standard InChI is InChI=1S/C27H27FNOSi/c1-16-13-21-19-12-11-18(28)14-24(19)30-27(21)26(17(16)2)23-15-25(31(4,5)6)20-9-7-8-10-22(20)29(23)3/h7-15H,1-6H3/q+1. The number of hydrogen-bond donors (Lipinski definition) is 0. The second-order valence-corrected chi connectivity index (χ2v) is 14.6. The lowest BCUT2D eigenvalue weighted by Crippen LogP contribution is -2.43. The summed E-state index contributed by atoms with van der Waals surface area (Å²) < 4.78 is 22.5. The fourth-order valence-electron chi connectivity index (χ4n) is 4.72. The largest absolute Gasteiger partial charge is 0.455 e.